The number of rotatable bonds is 2. The highest BCUT2D eigenvalue weighted by atomic mass is 15.1. The second-order valence-corrected chi connectivity index (χ2v) is 5.72. The zero-order valence-electron chi connectivity index (χ0n) is 13.3. The van der Waals surface area contributed by atoms with Crippen molar-refractivity contribution < 1.29 is 0 Å². The van der Waals surface area contributed by atoms with Gasteiger partial charge in [-0.15, -0.1) is 0 Å². The van der Waals surface area contributed by atoms with E-state index in [-0.39, 0.29) is 0 Å². The lowest BCUT2D eigenvalue weighted by molar-refractivity contribution is 0.960. The van der Waals surface area contributed by atoms with Crippen LogP contribution >= 0.6 is 0 Å². The molecule has 0 fully saturated rings. The predicted molar refractivity (Wildman–Crippen MR) is 96.3 cm³/mol. The summed E-state index contributed by atoms with van der Waals surface area (Å²) in [6, 6.07) is 26.2. The molecule has 3 aromatic carbocycles. The molecule has 4 aromatic rings. The fraction of sp³-hybridized carbons (Fsp3) is 0.0476. The van der Waals surface area contributed by atoms with Crippen LogP contribution in [0.2, 0.25) is 0 Å². The third-order valence-corrected chi connectivity index (χ3v) is 4.28. The largest absolute Gasteiger partial charge is 0.327 e. The maximum atomic E-state index is 8.99. The van der Waals surface area contributed by atoms with Crippen LogP contribution in [0.5, 0.6) is 0 Å². The summed E-state index contributed by atoms with van der Waals surface area (Å²) in [5, 5.41) is 8.99. The average Bonchev–Trinajstić information content (AvgIpc) is 2.99. The lowest BCUT2D eigenvalue weighted by Gasteiger charge is -2.10. The number of aromatic nitrogens is 2. The van der Waals surface area contributed by atoms with Crippen LogP contribution in [0.25, 0.3) is 33.5 Å². The first-order valence-electron chi connectivity index (χ1n) is 7.79. The highest BCUT2D eigenvalue weighted by Crippen LogP contribution is 2.33. The summed E-state index contributed by atoms with van der Waals surface area (Å²) in [5.41, 5.74) is 6.05. The number of aryl methyl sites for hydroxylation is 1. The maximum Gasteiger partial charge on any atom is 0.141 e. The number of nitriles is 1. The Morgan fingerprint density at radius 1 is 0.833 bits per heavy atom. The summed E-state index contributed by atoms with van der Waals surface area (Å²) >= 11 is 0. The monoisotopic (exact) mass is 309 g/mol. The van der Waals surface area contributed by atoms with Crippen molar-refractivity contribution in [2.45, 2.75) is 0 Å². The molecule has 1 aromatic heterocycles. The molecule has 24 heavy (non-hydrogen) atoms. The Labute approximate surface area is 140 Å². The van der Waals surface area contributed by atoms with E-state index in [0.29, 0.717) is 5.56 Å². The van der Waals surface area contributed by atoms with Crippen LogP contribution in [-0.2, 0) is 7.05 Å². The van der Waals surface area contributed by atoms with Gasteiger partial charge in [-0.1, -0.05) is 48.5 Å². The first-order chi connectivity index (χ1) is 11.8. The molecule has 0 aliphatic rings. The molecule has 3 nitrogen and oxygen atoms in total. The fourth-order valence-corrected chi connectivity index (χ4v) is 3.04. The Kier molecular flexibility index (Phi) is 3.36. The van der Waals surface area contributed by atoms with Crippen molar-refractivity contribution >= 4 is 11.0 Å². The first-order valence-corrected chi connectivity index (χ1v) is 7.79. The van der Waals surface area contributed by atoms with Crippen LogP contribution in [0.4, 0.5) is 0 Å². The van der Waals surface area contributed by atoms with Gasteiger partial charge in [-0.05, 0) is 35.4 Å². The average molecular weight is 309 g/mol. The molecule has 0 radical (unpaired) electrons. The topological polar surface area (TPSA) is 41.6 Å². The van der Waals surface area contributed by atoms with E-state index in [9.17, 15) is 0 Å². The van der Waals surface area contributed by atoms with Gasteiger partial charge in [0, 0.05) is 12.6 Å². The molecule has 0 aliphatic carbocycles. The molecule has 0 unspecified atom stereocenters. The standard InChI is InChI=1S/C21H15N3/c1-24-20-9-5-4-8-19(20)23-21(24)18-7-3-2-6-17(18)16-12-10-15(14-22)11-13-16/h2-13H,1H3. The summed E-state index contributed by atoms with van der Waals surface area (Å²) in [7, 11) is 2.04. The Balaban J connectivity index is 1.92. The van der Waals surface area contributed by atoms with Crippen LogP contribution in [0.1, 0.15) is 5.56 Å². The number of hydrogen-bond donors (Lipinski definition) is 0. The lowest BCUT2D eigenvalue weighted by atomic mass is 9.98. The van der Waals surface area contributed by atoms with Gasteiger partial charge in [0.2, 0.25) is 0 Å². The quantitative estimate of drug-likeness (QED) is 0.535. The number of fused-ring (bicyclic) bond motifs is 1. The first kappa shape index (κ1) is 14.2. The zero-order chi connectivity index (χ0) is 16.5. The molecule has 0 spiro atoms. The van der Waals surface area contributed by atoms with Gasteiger partial charge in [0.05, 0.1) is 22.7 Å². The normalized spacial score (nSPS) is 10.7. The minimum atomic E-state index is 0.666. The second-order valence-electron chi connectivity index (χ2n) is 5.72. The van der Waals surface area contributed by atoms with Gasteiger partial charge in [-0.2, -0.15) is 5.26 Å². The van der Waals surface area contributed by atoms with Crippen molar-refractivity contribution in [3.05, 3.63) is 78.4 Å². The van der Waals surface area contributed by atoms with Crippen molar-refractivity contribution in [3.63, 3.8) is 0 Å². The molecule has 0 aliphatic heterocycles. The minimum Gasteiger partial charge on any atom is -0.327 e. The second kappa shape index (κ2) is 5.68. The Hall–Kier alpha value is -3.38. The van der Waals surface area contributed by atoms with Gasteiger partial charge in [0.25, 0.3) is 0 Å². The summed E-state index contributed by atoms with van der Waals surface area (Å²) in [6.07, 6.45) is 0. The van der Waals surface area contributed by atoms with Crippen molar-refractivity contribution in [2.24, 2.45) is 7.05 Å². The molecular weight excluding hydrogens is 294 g/mol. The van der Waals surface area contributed by atoms with Gasteiger partial charge in [0.1, 0.15) is 5.82 Å². The number of imidazole rings is 1. The maximum absolute atomic E-state index is 8.99. The molecule has 4 rings (SSSR count). The van der Waals surface area contributed by atoms with E-state index in [1.807, 2.05) is 61.6 Å². The minimum absolute atomic E-state index is 0.666. The van der Waals surface area contributed by atoms with Gasteiger partial charge in [0.15, 0.2) is 0 Å². The van der Waals surface area contributed by atoms with Gasteiger partial charge >= 0.3 is 0 Å². The van der Waals surface area contributed by atoms with Gasteiger partial charge in [-0.25, -0.2) is 4.98 Å². The highest BCUT2D eigenvalue weighted by Gasteiger charge is 2.13. The number of hydrogen-bond acceptors (Lipinski definition) is 2. The Bertz CT molecular complexity index is 1070. The van der Waals surface area contributed by atoms with Crippen LogP contribution in [0.3, 0.4) is 0 Å². The molecule has 0 atom stereocenters. The van der Waals surface area contributed by atoms with Crippen LogP contribution < -0.4 is 0 Å². The fourth-order valence-electron chi connectivity index (χ4n) is 3.04. The van der Waals surface area contributed by atoms with Crippen molar-refractivity contribution in [2.75, 3.05) is 0 Å². The van der Waals surface area contributed by atoms with E-state index >= 15 is 0 Å². The summed E-state index contributed by atoms with van der Waals surface area (Å²) < 4.78 is 2.12. The van der Waals surface area contributed by atoms with E-state index in [1.165, 1.54) is 0 Å². The molecule has 0 saturated carbocycles. The molecule has 114 valence electrons. The lowest BCUT2D eigenvalue weighted by Crippen LogP contribution is -1.94. The van der Waals surface area contributed by atoms with E-state index < -0.39 is 0 Å². The van der Waals surface area contributed by atoms with Crippen LogP contribution in [0, 0.1) is 11.3 Å². The summed E-state index contributed by atoms with van der Waals surface area (Å²) in [6.45, 7) is 0. The third-order valence-electron chi connectivity index (χ3n) is 4.28. The van der Waals surface area contributed by atoms with E-state index in [4.69, 9.17) is 10.2 Å². The molecule has 0 saturated heterocycles. The molecular formula is C21H15N3. The molecule has 0 amide bonds. The van der Waals surface area contributed by atoms with Crippen molar-refractivity contribution in [1.29, 1.82) is 5.26 Å². The van der Waals surface area contributed by atoms with E-state index in [2.05, 4.69) is 28.8 Å². The van der Waals surface area contributed by atoms with Gasteiger partial charge < -0.3 is 4.57 Å². The summed E-state index contributed by atoms with van der Waals surface area (Å²) in [4.78, 5) is 4.81. The molecule has 0 N–H and O–H groups in total. The molecule has 3 heteroatoms. The Morgan fingerprint density at radius 3 is 2.21 bits per heavy atom. The van der Waals surface area contributed by atoms with Gasteiger partial charge in [-0.3, -0.25) is 0 Å². The van der Waals surface area contributed by atoms with Crippen molar-refractivity contribution in [3.8, 4) is 28.6 Å². The molecule has 1 heterocycles. The summed E-state index contributed by atoms with van der Waals surface area (Å²) in [5.74, 6) is 0.941. The number of para-hydroxylation sites is 2. The number of nitrogens with zero attached hydrogens (tertiary/aromatic N) is 3. The number of benzene rings is 3. The van der Waals surface area contributed by atoms with Crippen LogP contribution in [-0.4, -0.2) is 9.55 Å². The molecule has 0 bridgehead atoms. The highest BCUT2D eigenvalue weighted by molar-refractivity contribution is 5.86. The predicted octanol–water partition coefficient (Wildman–Crippen LogP) is 4.78. The smallest absolute Gasteiger partial charge is 0.141 e. The van der Waals surface area contributed by atoms with E-state index in [1.54, 1.807) is 0 Å². The van der Waals surface area contributed by atoms with E-state index in [0.717, 1.165) is 33.5 Å². The van der Waals surface area contributed by atoms with Crippen molar-refractivity contribution in [1.82, 2.24) is 9.55 Å². The zero-order valence-corrected chi connectivity index (χ0v) is 13.3. The van der Waals surface area contributed by atoms with Crippen LogP contribution in [0.15, 0.2) is 72.8 Å². The SMILES string of the molecule is Cn1c(-c2ccccc2-c2ccc(C#N)cc2)nc2ccccc21. The Morgan fingerprint density at radius 2 is 1.50 bits per heavy atom. The third kappa shape index (κ3) is 2.26.